The molecule has 0 aliphatic carbocycles. The summed E-state index contributed by atoms with van der Waals surface area (Å²) in [5.41, 5.74) is 5.40. The fourth-order valence-corrected chi connectivity index (χ4v) is 4.95. The second-order valence-corrected chi connectivity index (χ2v) is 9.99. The van der Waals surface area contributed by atoms with E-state index >= 15 is 0 Å². The molecule has 8 heteroatoms. The van der Waals surface area contributed by atoms with Crippen LogP contribution in [0.5, 0.6) is 5.75 Å². The summed E-state index contributed by atoms with van der Waals surface area (Å²) < 4.78 is 28.7. The SMILES string of the molecule is Cc1nc(N2C[C@@H](C)O[C@@H](C)C2)n2c1cnc1ccc(-c3ccc(OCCCN(C)C)c(F)c3)cc12. The van der Waals surface area contributed by atoms with Crippen LogP contribution in [0.25, 0.3) is 27.7 Å². The van der Waals surface area contributed by atoms with Crippen molar-refractivity contribution in [1.29, 1.82) is 0 Å². The molecule has 36 heavy (non-hydrogen) atoms. The first-order valence-corrected chi connectivity index (χ1v) is 12.6. The van der Waals surface area contributed by atoms with E-state index in [0.29, 0.717) is 6.61 Å². The summed E-state index contributed by atoms with van der Waals surface area (Å²) in [6.45, 7) is 9.12. The second kappa shape index (κ2) is 10.0. The van der Waals surface area contributed by atoms with Crippen LogP contribution >= 0.6 is 0 Å². The first-order chi connectivity index (χ1) is 17.3. The van der Waals surface area contributed by atoms with E-state index in [9.17, 15) is 4.39 Å². The summed E-state index contributed by atoms with van der Waals surface area (Å²) in [4.78, 5) is 14.0. The van der Waals surface area contributed by atoms with Gasteiger partial charge in [-0.25, -0.2) is 9.37 Å². The number of ether oxygens (including phenoxy) is 2. The van der Waals surface area contributed by atoms with E-state index < -0.39 is 0 Å². The minimum Gasteiger partial charge on any atom is -0.490 e. The van der Waals surface area contributed by atoms with E-state index in [1.54, 1.807) is 12.1 Å². The monoisotopic (exact) mass is 491 g/mol. The smallest absolute Gasteiger partial charge is 0.211 e. The molecule has 0 N–H and O–H groups in total. The quantitative estimate of drug-likeness (QED) is 0.341. The highest BCUT2D eigenvalue weighted by Crippen LogP contribution is 2.31. The van der Waals surface area contributed by atoms with Crippen molar-refractivity contribution in [2.75, 3.05) is 45.2 Å². The van der Waals surface area contributed by atoms with Crippen molar-refractivity contribution < 1.29 is 13.9 Å². The van der Waals surface area contributed by atoms with Gasteiger partial charge in [0.2, 0.25) is 5.95 Å². The number of nitrogens with zero attached hydrogens (tertiary/aromatic N) is 5. The van der Waals surface area contributed by atoms with Gasteiger partial charge in [-0.3, -0.25) is 9.38 Å². The lowest BCUT2D eigenvalue weighted by molar-refractivity contribution is -0.00573. The number of aromatic nitrogens is 3. The average Bonchev–Trinajstić information content (AvgIpc) is 3.18. The van der Waals surface area contributed by atoms with Crippen LogP contribution in [0, 0.1) is 12.7 Å². The van der Waals surface area contributed by atoms with Crippen LogP contribution < -0.4 is 9.64 Å². The lowest BCUT2D eigenvalue weighted by Gasteiger charge is -2.35. The number of fused-ring (bicyclic) bond motifs is 3. The Balaban J connectivity index is 1.51. The Morgan fingerprint density at radius 2 is 1.78 bits per heavy atom. The molecule has 1 aliphatic heterocycles. The summed E-state index contributed by atoms with van der Waals surface area (Å²) in [7, 11) is 4.02. The molecule has 3 heterocycles. The molecule has 0 saturated carbocycles. The number of imidazole rings is 1. The molecule has 190 valence electrons. The highest BCUT2D eigenvalue weighted by atomic mass is 19.1. The molecule has 2 aromatic carbocycles. The third-order valence-corrected chi connectivity index (χ3v) is 6.60. The highest BCUT2D eigenvalue weighted by molar-refractivity contribution is 5.85. The topological polar surface area (TPSA) is 55.1 Å². The van der Waals surface area contributed by atoms with E-state index in [1.165, 1.54) is 0 Å². The zero-order chi connectivity index (χ0) is 25.4. The van der Waals surface area contributed by atoms with Crippen LogP contribution in [0.15, 0.2) is 42.6 Å². The van der Waals surface area contributed by atoms with Gasteiger partial charge in [0, 0.05) is 19.6 Å². The largest absolute Gasteiger partial charge is 0.490 e. The number of halogens is 1. The van der Waals surface area contributed by atoms with Crippen molar-refractivity contribution in [2.45, 2.75) is 39.4 Å². The van der Waals surface area contributed by atoms with Gasteiger partial charge in [0.25, 0.3) is 0 Å². The molecule has 1 fully saturated rings. The number of morpholine rings is 1. The Kier molecular flexibility index (Phi) is 6.81. The van der Waals surface area contributed by atoms with E-state index in [1.807, 2.05) is 45.4 Å². The lowest BCUT2D eigenvalue weighted by Crippen LogP contribution is -2.46. The van der Waals surface area contributed by atoms with E-state index in [-0.39, 0.29) is 23.8 Å². The molecule has 5 rings (SSSR count). The van der Waals surface area contributed by atoms with Crippen molar-refractivity contribution >= 4 is 22.5 Å². The van der Waals surface area contributed by atoms with Gasteiger partial charge in [-0.2, -0.15) is 0 Å². The molecule has 1 saturated heterocycles. The highest BCUT2D eigenvalue weighted by Gasteiger charge is 2.26. The van der Waals surface area contributed by atoms with E-state index in [4.69, 9.17) is 14.5 Å². The summed E-state index contributed by atoms with van der Waals surface area (Å²) in [5.74, 6) is 0.816. The summed E-state index contributed by atoms with van der Waals surface area (Å²) in [6, 6.07) is 11.2. The number of anilines is 1. The zero-order valence-electron chi connectivity index (χ0n) is 21.7. The number of hydrogen-bond donors (Lipinski definition) is 0. The lowest BCUT2D eigenvalue weighted by atomic mass is 10.0. The molecular weight excluding hydrogens is 457 g/mol. The molecular formula is C28H34FN5O2. The molecule has 7 nitrogen and oxygen atoms in total. The van der Waals surface area contributed by atoms with Gasteiger partial charge in [-0.05, 0) is 76.7 Å². The Hall–Kier alpha value is -3.23. The van der Waals surface area contributed by atoms with Crippen LogP contribution in [0.1, 0.15) is 26.0 Å². The normalized spacial score (nSPS) is 18.5. The zero-order valence-corrected chi connectivity index (χ0v) is 21.7. The van der Waals surface area contributed by atoms with Gasteiger partial charge >= 0.3 is 0 Å². The van der Waals surface area contributed by atoms with Crippen LogP contribution in [0.4, 0.5) is 10.3 Å². The van der Waals surface area contributed by atoms with Gasteiger partial charge in [0.05, 0.1) is 47.3 Å². The number of benzene rings is 2. The van der Waals surface area contributed by atoms with Crippen LogP contribution in [0.3, 0.4) is 0 Å². The number of hydrogen-bond acceptors (Lipinski definition) is 6. The van der Waals surface area contributed by atoms with Crippen molar-refractivity contribution in [3.8, 4) is 16.9 Å². The van der Waals surface area contributed by atoms with E-state index in [0.717, 1.165) is 65.4 Å². The van der Waals surface area contributed by atoms with Gasteiger partial charge in [0.15, 0.2) is 11.6 Å². The van der Waals surface area contributed by atoms with Crippen molar-refractivity contribution in [3.05, 3.63) is 54.1 Å². The Morgan fingerprint density at radius 3 is 2.50 bits per heavy atom. The Morgan fingerprint density at radius 1 is 1.06 bits per heavy atom. The number of rotatable bonds is 7. The summed E-state index contributed by atoms with van der Waals surface area (Å²) in [6.07, 6.45) is 2.96. The average molecular weight is 492 g/mol. The number of aryl methyl sites for hydroxylation is 1. The molecule has 4 aromatic rings. The maximum absolute atomic E-state index is 14.9. The van der Waals surface area contributed by atoms with Gasteiger partial charge < -0.3 is 19.3 Å². The first-order valence-electron chi connectivity index (χ1n) is 12.6. The third kappa shape index (κ3) is 4.88. The van der Waals surface area contributed by atoms with Crippen LogP contribution in [0.2, 0.25) is 0 Å². The maximum Gasteiger partial charge on any atom is 0.211 e. The minimum absolute atomic E-state index is 0.122. The summed E-state index contributed by atoms with van der Waals surface area (Å²) in [5, 5.41) is 0. The molecule has 2 atom stereocenters. The maximum atomic E-state index is 14.9. The molecule has 1 aliphatic rings. The molecule has 2 aromatic heterocycles. The predicted octanol–water partition coefficient (Wildman–Crippen LogP) is 4.94. The van der Waals surface area contributed by atoms with Gasteiger partial charge in [-0.15, -0.1) is 0 Å². The van der Waals surface area contributed by atoms with Crippen molar-refractivity contribution in [2.24, 2.45) is 0 Å². The minimum atomic E-state index is -0.357. The first kappa shape index (κ1) is 24.5. The fourth-order valence-electron chi connectivity index (χ4n) is 4.95. The Bertz CT molecular complexity index is 1380. The molecule has 0 amide bonds. The molecule has 0 unspecified atom stereocenters. The third-order valence-electron chi connectivity index (χ3n) is 6.60. The fraction of sp³-hybridized carbons (Fsp3) is 0.429. The van der Waals surface area contributed by atoms with Gasteiger partial charge in [-0.1, -0.05) is 12.1 Å². The van der Waals surface area contributed by atoms with Crippen molar-refractivity contribution in [1.82, 2.24) is 19.3 Å². The predicted molar refractivity (Wildman–Crippen MR) is 142 cm³/mol. The standard InChI is InChI=1S/C28H34FN5O2/c1-18-16-33(17-19(2)36-18)28-31-20(3)26-15-30-24-9-7-22(14-25(24)34(26)28)21-8-10-27(23(29)13-21)35-12-6-11-32(4)5/h7-10,13-15,18-19H,6,11-12,16-17H2,1-5H3/t18-,19+. The van der Waals surface area contributed by atoms with Crippen LogP contribution in [-0.2, 0) is 4.74 Å². The molecule has 0 spiro atoms. The Labute approximate surface area is 211 Å². The van der Waals surface area contributed by atoms with Crippen molar-refractivity contribution in [3.63, 3.8) is 0 Å². The van der Waals surface area contributed by atoms with Gasteiger partial charge in [0.1, 0.15) is 0 Å². The van der Waals surface area contributed by atoms with Crippen LogP contribution in [-0.4, -0.2) is 71.8 Å². The molecule has 0 radical (unpaired) electrons. The summed E-state index contributed by atoms with van der Waals surface area (Å²) >= 11 is 0. The second-order valence-electron chi connectivity index (χ2n) is 9.99. The molecule has 0 bridgehead atoms. The van der Waals surface area contributed by atoms with E-state index in [2.05, 4.69) is 39.1 Å².